The molecule has 0 bridgehead atoms. The van der Waals surface area contributed by atoms with Gasteiger partial charge in [0.2, 0.25) is 0 Å². The van der Waals surface area contributed by atoms with Crippen molar-refractivity contribution in [2.45, 2.75) is 44.7 Å². The Hall–Kier alpha value is -1.39. The van der Waals surface area contributed by atoms with Crippen LogP contribution in [0.5, 0.6) is 5.75 Å². The van der Waals surface area contributed by atoms with Crippen LogP contribution in [0.4, 0.5) is 0 Å². The van der Waals surface area contributed by atoms with Gasteiger partial charge in [-0.3, -0.25) is 0 Å². The van der Waals surface area contributed by atoms with Crippen LogP contribution < -0.4 is 10.1 Å². The zero-order chi connectivity index (χ0) is 15.1. The summed E-state index contributed by atoms with van der Waals surface area (Å²) in [5.74, 6) is 1.80. The lowest BCUT2D eigenvalue weighted by Crippen LogP contribution is -2.26. The van der Waals surface area contributed by atoms with Gasteiger partial charge < -0.3 is 10.1 Å². The van der Waals surface area contributed by atoms with Crippen molar-refractivity contribution in [1.82, 2.24) is 10.3 Å². The van der Waals surface area contributed by atoms with Crippen molar-refractivity contribution < 1.29 is 4.74 Å². The number of hydrogen-bond donors (Lipinski definition) is 1. The van der Waals surface area contributed by atoms with Crippen LogP contribution in [0.3, 0.4) is 0 Å². The van der Waals surface area contributed by atoms with E-state index in [0.717, 1.165) is 24.5 Å². The number of benzene rings is 1. The quantitative estimate of drug-likeness (QED) is 0.898. The molecule has 2 atom stereocenters. The molecule has 2 aliphatic carbocycles. The number of nitrogens with zero attached hydrogens (tertiary/aromatic N) is 1. The topological polar surface area (TPSA) is 34.1 Å². The van der Waals surface area contributed by atoms with Crippen molar-refractivity contribution in [3.8, 4) is 5.75 Å². The molecule has 1 N–H and O–H groups in total. The van der Waals surface area contributed by atoms with Gasteiger partial charge in [0.25, 0.3) is 0 Å². The molecule has 0 aliphatic heterocycles. The van der Waals surface area contributed by atoms with Crippen LogP contribution >= 0.6 is 11.3 Å². The van der Waals surface area contributed by atoms with Crippen LogP contribution in [0.2, 0.25) is 0 Å². The SMILES string of the molecule is COc1cccc2c1CC[C@@H]2N[C@@H](c1ncc(C)s1)C1CC1. The van der Waals surface area contributed by atoms with E-state index in [0.29, 0.717) is 12.1 Å². The van der Waals surface area contributed by atoms with Crippen LogP contribution in [-0.2, 0) is 6.42 Å². The van der Waals surface area contributed by atoms with Gasteiger partial charge in [-0.2, -0.15) is 0 Å². The van der Waals surface area contributed by atoms with Gasteiger partial charge in [0.05, 0.1) is 13.2 Å². The van der Waals surface area contributed by atoms with E-state index in [-0.39, 0.29) is 0 Å². The molecule has 1 saturated carbocycles. The van der Waals surface area contributed by atoms with Gasteiger partial charge >= 0.3 is 0 Å². The molecule has 0 amide bonds. The lowest BCUT2D eigenvalue weighted by Gasteiger charge is -2.22. The minimum atomic E-state index is 0.417. The van der Waals surface area contributed by atoms with Crippen molar-refractivity contribution in [3.63, 3.8) is 0 Å². The van der Waals surface area contributed by atoms with E-state index >= 15 is 0 Å². The van der Waals surface area contributed by atoms with E-state index in [1.165, 1.54) is 33.9 Å². The summed E-state index contributed by atoms with van der Waals surface area (Å²) in [4.78, 5) is 5.94. The second-order valence-electron chi connectivity index (χ2n) is 6.41. The molecular formula is C18H22N2OS. The molecule has 116 valence electrons. The summed E-state index contributed by atoms with van der Waals surface area (Å²) < 4.78 is 5.52. The Bertz CT molecular complexity index is 677. The van der Waals surface area contributed by atoms with Gasteiger partial charge in [0.1, 0.15) is 10.8 Å². The van der Waals surface area contributed by atoms with E-state index in [1.54, 1.807) is 7.11 Å². The minimum Gasteiger partial charge on any atom is -0.496 e. The average Bonchev–Trinajstić information content (AvgIpc) is 3.15. The molecule has 0 saturated heterocycles. The minimum absolute atomic E-state index is 0.417. The fraction of sp³-hybridized carbons (Fsp3) is 0.500. The number of aromatic nitrogens is 1. The first-order chi connectivity index (χ1) is 10.8. The zero-order valence-electron chi connectivity index (χ0n) is 13.1. The Morgan fingerprint density at radius 3 is 2.86 bits per heavy atom. The maximum absolute atomic E-state index is 5.52. The molecule has 1 aromatic carbocycles. The molecule has 0 unspecified atom stereocenters. The highest BCUT2D eigenvalue weighted by molar-refractivity contribution is 7.11. The van der Waals surface area contributed by atoms with Crippen molar-refractivity contribution in [2.75, 3.05) is 7.11 Å². The second kappa shape index (κ2) is 5.67. The van der Waals surface area contributed by atoms with E-state index in [4.69, 9.17) is 4.74 Å². The average molecular weight is 314 g/mol. The van der Waals surface area contributed by atoms with Crippen molar-refractivity contribution in [2.24, 2.45) is 5.92 Å². The molecule has 4 rings (SSSR count). The fourth-order valence-corrected chi connectivity index (χ4v) is 4.48. The van der Waals surface area contributed by atoms with Gasteiger partial charge in [0.15, 0.2) is 0 Å². The Kier molecular flexibility index (Phi) is 3.66. The molecule has 2 aromatic rings. The summed E-state index contributed by atoms with van der Waals surface area (Å²) >= 11 is 1.84. The molecule has 1 aromatic heterocycles. The highest BCUT2D eigenvalue weighted by atomic mass is 32.1. The lowest BCUT2D eigenvalue weighted by atomic mass is 10.1. The standard InChI is InChI=1S/C18H22N2OS/c1-11-10-19-18(22-11)17(12-6-7-12)20-15-9-8-14-13(15)4-3-5-16(14)21-2/h3-5,10,12,15,17,20H,6-9H2,1-2H3/t15-,17+/m0/s1. The molecule has 1 heterocycles. The monoisotopic (exact) mass is 314 g/mol. The van der Waals surface area contributed by atoms with Gasteiger partial charge in [-0.05, 0) is 55.7 Å². The normalized spacial score (nSPS) is 21.6. The van der Waals surface area contributed by atoms with Crippen LogP contribution in [0.1, 0.15) is 52.4 Å². The number of nitrogens with one attached hydrogen (secondary N) is 1. The highest BCUT2D eigenvalue weighted by Crippen LogP contribution is 2.45. The summed E-state index contributed by atoms with van der Waals surface area (Å²) in [5.41, 5.74) is 2.80. The smallest absolute Gasteiger partial charge is 0.122 e. The van der Waals surface area contributed by atoms with Crippen molar-refractivity contribution in [3.05, 3.63) is 45.4 Å². The summed E-state index contributed by atoms with van der Waals surface area (Å²) in [6.07, 6.45) is 6.92. The predicted octanol–water partition coefficient (Wildman–Crippen LogP) is 4.19. The highest BCUT2D eigenvalue weighted by Gasteiger charge is 2.37. The molecule has 0 spiro atoms. The third kappa shape index (κ3) is 2.55. The fourth-order valence-electron chi connectivity index (χ4n) is 3.56. The summed E-state index contributed by atoms with van der Waals surface area (Å²) in [7, 11) is 1.77. The van der Waals surface area contributed by atoms with Gasteiger partial charge in [-0.25, -0.2) is 4.98 Å². The Balaban J connectivity index is 1.59. The van der Waals surface area contributed by atoms with E-state index in [9.17, 15) is 0 Å². The molecule has 4 heteroatoms. The molecule has 3 nitrogen and oxygen atoms in total. The Morgan fingerprint density at radius 1 is 1.32 bits per heavy atom. The predicted molar refractivity (Wildman–Crippen MR) is 89.5 cm³/mol. The van der Waals surface area contributed by atoms with E-state index in [1.807, 2.05) is 17.5 Å². The van der Waals surface area contributed by atoms with Gasteiger partial charge in [0, 0.05) is 17.1 Å². The molecule has 2 aliphatic rings. The molecule has 22 heavy (non-hydrogen) atoms. The lowest BCUT2D eigenvalue weighted by molar-refractivity contribution is 0.407. The van der Waals surface area contributed by atoms with Crippen LogP contribution in [-0.4, -0.2) is 12.1 Å². The molecule has 1 fully saturated rings. The summed E-state index contributed by atoms with van der Waals surface area (Å²) in [5, 5.41) is 5.17. The number of methoxy groups -OCH3 is 1. The van der Waals surface area contributed by atoms with E-state index < -0.39 is 0 Å². The first-order valence-corrected chi connectivity index (χ1v) is 8.92. The van der Waals surface area contributed by atoms with Crippen molar-refractivity contribution in [1.29, 1.82) is 0 Å². The zero-order valence-corrected chi connectivity index (χ0v) is 14.0. The Morgan fingerprint density at radius 2 is 2.18 bits per heavy atom. The molecular weight excluding hydrogens is 292 g/mol. The van der Waals surface area contributed by atoms with Gasteiger partial charge in [-0.15, -0.1) is 11.3 Å². The second-order valence-corrected chi connectivity index (χ2v) is 7.68. The number of rotatable bonds is 5. The number of fused-ring (bicyclic) bond motifs is 1. The van der Waals surface area contributed by atoms with Crippen LogP contribution in [0, 0.1) is 12.8 Å². The van der Waals surface area contributed by atoms with E-state index in [2.05, 4.69) is 35.4 Å². The summed E-state index contributed by atoms with van der Waals surface area (Å²) in [6.45, 7) is 2.14. The number of hydrogen-bond acceptors (Lipinski definition) is 4. The first-order valence-electron chi connectivity index (χ1n) is 8.10. The summed E-state index contributed by atoms with van der Waals surface area (Å²) in [6, 6.07) is 7.28. The van der Waals surface area contributed by atoms with Gasteiger partial charge in [-0.1, -0.05) is 12.1 Å². The largest absolute Gasteiger partial charge is 0.496 e. The van der Waals surface area contributed by atoms with Crippen LogP contribution in [0.25, 0.3) is 0 Å². The van der Waals surface area contributed by atoms with Crippen LogP contribution in [0.15, 0.2) is 24.4 Å². The maximum atomic E-state index is 5.52. The third-order valence-electron chi connectivity index (χ3n) is 4.83. The van der Waals surface area contributed by atoms with Crippen molar-refractivity contribution >= 4 is 11.3 Å². The number of thiazole rings is 1. The Labute approximate surface area is 135 Å². The molecule has 0 radical (unpaired) electrons. The first kappa shape index (κ1) is 14.2. The maximum Gasteiger partial charge on any atom is 0.122 e. The third-order valence-corrected chi connectivity index (χ3v) is 5.82. The number of aryl methyl sites for hydroxylation is 1. The number of ether oxygens (including phenoxy) is 1.